The summed E-state index contributed by atoms with van der Waals surface area (Å²) in [7, 11) is 0. The molecule has 1 fully saturated rings. The molecule has 5 nitrogen and oxygen atoms in total. The van der Waals surface area contributed by atoms with Gasteiger partial charge in [0, 0.05) is 12.6 Å². The minimum absolute atomic E-state index is 0.00185. The molecule has 1 amide bonds. The van der Waals surface area contributed by atoms with Crippen LogP contribution in [0.3, 0.4) is 0 Å². The third-order valence-corrected chi connectivity index (χ3v) is 5.68. The molecule has 0 radical (unpaired) electrons. The molecule has 0 bridgehead atoms. The Kier molecular flexibility index (Phi) is 4.62. The number of furan rings is 1. The predicted molar refractivity (Wildman–Crippen MR) is 91.6 cm³/mol. The van der Waals surface area contributed by atoms with E-state index in [4.69, 9.17) is 4.42 Å². The van der Waals surface area contributed by atoms with Crippen LogP contribution in [0.1, 0.15) is 53.9 Å². The van der Waals surface area contributed by atoms with Gasteiger partial charge in [0.1, 0.15) is 5.76 Å². The largest absolute Gasteiger partial charge is 0.454 e. The SMILES string of the molecule is Cc1nn(Cc2ccc(C(=O)N3CCCC[C@@H]3C)o2)c(C)c1Br. The number of rotatable bonds is 3. The first-order valence-electron chi connectivity index (χ1n) is 8.06. The van der Waals surface area contributed by atoms with E-state index in [2.05, 4.69) is 28.0 Å². The maximum absolute atomic E-state index is 12.6. The molecule has 0 aromatic carbocycles. The molecule has 0 saturated carbocycles. The van der Waals surface area contributed by atoms with Crippen LogP contribution < -0.4 is 0 Å². The standard InChI is InChI=1S/C17H22BrN3O2/c1-11-6-4-5-9-20(11)17(22)15-8-7-14(23-15)10-21-13(3)16(18)12(2)19-21/h7-8,11H,4-6,9-10H2,1-3H3/t11-/m0/s1. The Morgan fingerprint density at radius 3 is 2.83 bits per heavy atom. The van der Waals surface area contributed by atoms with Crippen molar-refractivity contribution in [2.75, 3.05) is 6.54 Å². The first-order valence-corrected chi connectivity index (χ1v) is 8.86. The molecule has 1 atom stereocenters. The maximum Gasteiger partial charge on any atom is 0.289 e. The number of piperidine rings is 1. The highest BCUT2D eigenvalue weighted by Gasteiger charge is 2.26. The van der Waals surface area contributed by atoms with Gasteiger partial charge in [-0.2, -0.15) is 5.10 Å². The van der Waals surface area contributed by atoms with E-state index in [9.17, 15) is 4.79 Å². The average Bonchev–Trinajstić information content (AvgIpc) is 3.09. The summed E-state index contributed by atoms with van der Waals surface area (Å²) in [6, 6.07) is 3.93. The molecule has 1 aliphatic rings. The van der Waals surface area contributed by atoms with Crippen molar-refractivity contribution in [1.82, 2.24) is 14.7 Å². The lowest BCUT2D eigenvalue weighted by molar-refractivity contribution is 0.0601. The van der Waals surface area contributed by atoms with E-state index in [-0.39, 0.29) is 11.9 Å². The predicted octanol–water partition coefficient (Wildman–Crippen LogP) is 3.92. The minimum Gasteiger partial charge on any atom is -0.454 e. The van der Waals surface area contributed by atoms with Crippen molar-refractivity contribution < 1.29 is 9.21 Å². The van der Waals surface area contributed by atoms with Crippen LogP contribution in [0.4, 0.5) is 0 Å². The first-order chi connectivity index (χ1) is 11.0. The number of carbonyl (C=O) groups excluding carboxylic acids is 1. The fraction of sp³-hybridized carbons (Fsp3) is 0.529. The highest BCUT2D eigenvalue weighted by atomic mass is 79.9. The second kappa shape index (κ2) is 6.51. The van der Waals surface area contributed by atoms with Crippen LogP contribution in [0.25, 0.3) is 0 Å². The third-order valence-electron chi connectivity index (χ3n) is 4.54. The highest BCUT2D eigenvalue weighted by Crippen LogP contribution is 2.23. The lowest BCUT2D eigenvalue weighted by Crippen LogP contribution is -2.41. The van der Waals surface area contributed by atoms with Crippen molar-refractivity contribution in [3.8, 4) is 0 Å². The number of halogens is 1. The molecule has 2 aromatic rings. The molecule has 124 valence electrons. The lowest BCUT2D eigenvalue weighted by Gasteiger charge is -2.32. The van der Waals surface area contributed by atoms with Crippen LogP contribution in [0.2, 0.25) is 0 Å². The van der Waals surface area contributed by atoms with Gasteiger partial charge in [-0.3, -0.25) is 9.48 Å². The van der Waals surface area contributed by atoms with Gasteiger partial charge in [0.2, 0.25) is 0 Å². The van der Waals surface area contributed by atoms with Crippen LogP contribution in [0.5, 0.6) is 0 Å². The summed E-state index contributed by atoms with van der Waals surface area (Å²) >= 11 is 3.53. The molecule has 23 heavy (non-hydrogen) atoms. The number of carbonyl (C=O) groups is 1. The van der Waals surface area contributed by atoms with Crippen molar-refractivity contribution in [1.29, 1.82) is 0 Å². The summed E-state index contributed by atoms with van der Waals surface area (Å²) < 4.78 is 8.69. The Labute approximate surface area is 144 Å². The van der Waals surface area contributed by atoms with Gasteiger partial charge in [0.05, 0.1) is 22.4 Å². The molecule has 3 rings (SSSR count). The number of hydrogen-bond acceptors (Lipinski definition) is 3. The summed E-state index contributed by atoms with van der Waals surface area (Å²) in [6.45, 7) is 7.42. The summed E-state index contributed by atoms with van der Waals surface area (Å²) in [5.74, 6) is 1.17. The van der Waals surface area contributed by atoms with Gasteiger partial charge in [-0.15, -0.1) is 0 Å². The van der Waals surface area contributed by atoms with Gasteiger partial charge in [-0.25, -0.2) is 0 Å². The van der Waals surface area contributed by atoms with Crippen LogP contribution in [0.15, 0.2) is 21.0 Å². The zero-order valence-electron chi connectivity index (χ0n) is 13.8. The minimum atomic E-state index is -0.00185. The molecule has 0 N–H and O–H groups in total. The van der Waals surface area contributed by atoms with Crippen LogP contribution >= 0.6 is 15.9 Å². The number of likely N-dealkylation sites (tertiary alicyclic amines) is 1. The van der Waals surface area contributed by atoms with Gasteiger partial charge in [-0.1, -0.05) is 0 Å². The van der Waals surface area contributed by atoms with Gasteiger partial charge in [0.25, 0.3) is 5.91 Å². The summed E-state index contributed by atoms with van der Waals surface area (Å²) in [5, 5.41) is 4.48. The number of aromatic nitrogens is 2. The van der Waals surface area contributed by atoms with Crippen LogP contribution in [0, 0.1) is 13.8 Å². The Balaban J connectivity index is 1.75. The topological polar surface area (TPSA) is 51.3 Å². The second-order valence-electron chi connectivity index (χ2n) is 6.25. The van der Waals surface area contributed by atoms with E-state index >= 15 is 0 Å². The summed E-state index contributed by atoms with van der Waals surface area (Å²) in [6.07, 6.45) is 3.34. The van der Waals surface area contributed by atoms with Crippen LogP contribution in [-0.4, -0.2) is 33.2 Å². The first kappa shape index (κ1) is 16.3. The zero-order chi connectivity index (χ0) is 16.6. The van der Waals surface area contributed by atoms with E-state index in [1.54, 1.807) is 6.07 Å². The molecule has 2 aromatic heterocycles. The average molecular weight is 380 g/mol. The van der Waals surface area contributed by atoms with E-state index in [0.29, 0.717) is 12.3 Å². The number of amides is 1. The van der Waals surface area contributed by atoms with Crippen molar-refractivity contribution in [2.45, 2.75) is 52.6 Å². The van der Waals surface area contributed by atoms with Crippen LogP contribution in [-0.2, 0) is 6.54 Å². The van der Waals surface area contributed by atoms with Gasteiger partial charge in [0.15, 0.2) is 5.76 Å². The molecule has 1 aliphatic heterocycles. The van der Waals surface area contributed by atoms with Gasteiger partial charge < -0.3 is 9.32 Å². The summed E-state index contributed by atoms with van der Waals surface area (Å²) in [4.78, 5) is 14.5. The molecule has 0 unspecified atom stereocenters. The molecular formula is C17H22BrN3O2. The molecule has 0 spiro atoms. The third kappa shape index (κ3) is 3.22. The number of aryl methyl sites for hydroxylation is 1. The second-order valence-corrected chi connectivity index (χ2v) is 7.04. The Hall–Kier alpha value is -1.56. The van der Waals surface area contributed by atoms with E-state index in [1.807, 2.05) is 29.5 Å². The van der Waals surface area contributed by atoms with Gasteiger partial charge >= 0.3 is 0 Å². The monoisotopic (exact) mass is 379 g/mol. The van der Waals surface area contributed by atoms with Crippen molar-refractivity contribution in [3.05, 3.63) is 39.5 Å². The molecule has 6 heteroatoms. The van der Waals surface area contributed by atoms with Crippen molar-refractivity contribution in [3.63, 3.8) is 0 Å². The maximum atomic E-state index is 12.6. The fourth-order valence-corrected chi connectivity index (χ4v) is 3.38. The van der Waals surface area contributed by atoms with Gasteiger partial charge in [-0.05, 0) is 68.1 Å². The Morgan fingerprint density at radius 2 is 2.17 bits per heavy atom. The Bertz CT molecular complexity index is 719. The molecule has 3 heterocycles. The lowest BCUT2D eigenvalue weighted by atomic mass is 10.0. The van der Waals surface area contributed by atoms with Crippen molar-refractivity contribution in [2.24, 2.45) is 0 Å². The molecule has 0 aliphatic carbocycles. The highest BCUT2D eigenvalue weighted by molar-refractivity contribution is 9.10. The quantitative estimate of drug-likeness (QED) is 0.811. The molecule has 1 saturated heterocycles. The van der Waals surface area contributed by atoms with E-state index in [0.717, 1.165) is 41.0 Å². The summed E-state index contributed by atoms with van der Waals surface area (Å²) in [5.41, 5.74) is 2.00. The normalized spacial score (nSPS) is 18.4. The van der Waals surface area contributed by atoms with Crippen molar-refractivity contribution >= 4 is 21.8 Å². The Morgan fingerprint density at radius 1 is 1.39 bits per heavy atom. The number of hydrogen-bond donors (Lipinski definition) is 0. The van der Waals surface area contributed by atoms with E-state index < -0.39 is 0 Å². The van der Waals surface area contributed by atoms with E-state index in [1.165, 1.54) is 6.42 Å². The zero-order valence-corrected chi connectivity index (χ0v) is 15.4. The fourth-order valence-electron chi connectivity index (χ4n) is 3.10. The number of nitrogens with zero attached hydrogens (tertiary/aromatic N) is 3. The molecular weight excluding hydrogens is 358 g/mol. The smallest absolute Gasteiger partial charge is 0.289 e.